The molecule has 4 nitrogen and oxygen atoms in total. The van der Waals surface area contributed by atoms with E-state index in [4.69, 9.17) is 4.42 Å². The number of nitrogens with zero attached hydrogens (tertiary/aromatic N) is 2. The maximum atomic E-state index is 11.5. The van der Waals surface area contributed by atoms with Gasteiger partial charge >= 0.3 is 0 Å². The minimum atomic E-state index is 0.0448. The van der Waals surface area contributed by atoms with Gasteiger partial charge in [-0.15, -0.1) is 0 Å². The summed E-state index contributed by atoms with van der Waals surface area (Å²) in [7, 11) is 0. The van der Waals surface area contributed by atoms with Gasteiger partial charge < -0.3 is 4.42 Å². The number of furan rings is 1. The van der Waals surface area contributed by atoms with Crippen LogP contribution in [-0.2, 0) is 0 Å². The smallest absolute Gasteiger partial charge is 0.159 e. The van der Waals surface area contributed by atoms with Crippen molar-refractivity contribution >= 4 is 16.8 Å². The number of hydrogen-bond donors (Lipinski definition) is 0. The van der Waals surface area contributed by atoms with Crippen molar-refractivity contribution < 1.29 is 9.21 Å². The molecule has 0 aliphatic rings. The lowest BCUT2D eigenvalue weighted by Crippen LogP contribution is -1.94. The first-order valence-electron chi connectivity index (χ1n) is 7.33. The molecule has 0 saturated heterocycles. The van der Waals surface area contributed by atoms with Gasteiger partial charge in [-0.1, -0.05) is 12.1 Å². The van der Waals surface area contributed by atoms with E-state index < -0.39 is 0 Å². The van der Waals surface area contributed by atoms with E-state index in [9.17, 15) is 4.79 Å². The second kappa shape index (κ2) is 5.25. The Balaban J connectivity index is 1.83. The third-order valence-electron chi connectivity index (χ3n) is 3.93. The van der Waals surface area contributed by atoms with Crippen LogP contribution in [0.1, 0.15) is 17.3 Å². The van der Waals surface area contributed by atoms with E-state index in [1.165, 1.54) is 0 Å². The average Bonchev–Trinajstić information content (AvgIpc) is 3.24. The first kappa shape index (κ1) is 13.5. The van der Waals surface area contributed by atoms with Crippen molar-refractivity contribution in [2.75, 3.05) is 0 Å². The van der Waals surface area contributed by atoms with Crippen molar-refractivity contribution in [3.8, 4) is 16.8 Å². The third-order valence-corrected chi connectivity index (χ3v) is 3.93. The molecular formula is C19H14N2O2. The molecule has 0 N–H and O–H groups in total. The molecule has 0 aliphatic heterocycles. The number of aromatic nitrogens is 2. The monoisotopic (exact) mass is 302 g/mol. The first-order valence-corrected chi connectivity index (χ1v) is 7.33. The van der Waals surface area contributed by atoms with E-state index in [2.05, 4.69) is 11.1 Å². The molecule has 0 spiro atoms. The standard InChI is InChI=1S/C19H14N2O2/c1-13(22)14-5-6-19-18(10-14)20-12-21(19)17-4-2-3-15(9-17)16-7-8-23-11-16/h2-12H,1H3. The zero-order valence-corrected chi connectivity index (χ0v) is 12.6. The molecule has 2 aromatic carbocycles. The zero-order chi connectivity index (χ0) is 15.8. The van der Waals surface area contributed by atoms with Crippen LogP contribution in [0.15, 0.2) is 71.8 Å². The van der Waals surface area contributed by atoms with E-state index in [0.29, 0.717) is 5.56 Å². The van der Waals surface area contributed by atoms with Gasteiger partial charge in [-0.05, 0) is 48.9 Å². The number of ketones is 1. The lowest BCUT2D eigenvalue weighted by Gasteiger charge is -2.06. The van der Waals surface area contributed by atoms with Gasteiger partial charge in [0.2, 0.25) is 0 Å². The fourth-order valence-electron chi connectivity index (χ4n) is 2.70. The second-order valence-electron chi connectivity index (χ2n) is 5.44. The van der Waals surface area contributed by atoms with E-state index in [1.807, 2.05) is 47.0 Å². The van der Waals surface area contributed by atoms with Crippen LogP contribution in [0, 0.1) is 0 Å². The van der Waals surface area contributed by atoms with Crippen LogP contribution in [-0.4, -0.2) is 15.3 Å². The van der Waals surface area contributed by atoms with Crippen LogP contribution in [0.4, 0.5) is 0 Å². The number of carbonyl (C=O) groups is 1. The summed E-state index contributed by atoms with van der Waals surface area (Å²) in [5.74, 6) is 0.0448. The molecule has 0 bridgehead atoms. The van der Waals surface area contributed by atoms with Crippen molar-refractivity contribution in [1.82, 2.24) is 9.55 Å². The Morgan fingerprint density at radius 3 is 2.78 bits per heavy atom. The number of imidazole rings is 1. The van der Waals surface area contributed by atoms with Crippen LogP contribution < -0.4 is 0 Å². The minimum absolute atomic E-state index is 0.0448. The fraction of sp³-hybridized carbons (Fsp3) is 0.0526. The molecular weight excluding hydrogens is 288 g/mol. The van der Waals surface area contributed by atoms with Crippen LogP contribution in [0.2, 0.25) is 0 Å². The third kappa shape index (κ3) is 2.34. The number of rotatable bonds is 3. The molecule has 4 aromatic rings. The van der Waals surface area contributed by atoms with Crippen molar-refractivity contribution in [3.05, 3.63) is 72.9 Å². The summed E-state index contributed by atoms with van der Waals surface area (Å²) < 4.78 is 7.17. The van der Waals surface area contributed by atoms with Crippen LogP contribution in [0.25, 0.3) is 27.8 Å². The van der Waals surface area contributed by atoms with E-state index in [-0.39, 0.29) is 5.78 Å². The number of carbonyl (C=O) groups excluding carboxylic acids is 1. The highest BCUT2D eigenvalue weighted by Crippen LogP contribution is 2.25. The summed E-state index contributed by atoms with van der Waals surface area (Å²) in [6.45, 7) is 1.56. The Morgan fingerprint density at radius 1 is 1.09 bits per heavy atom. The molecule has 4 heteroatoms. The predicted molar refractivity (Wildman–Crippen MR) is 88.8 cm³/mol. The summed E-state index contributed by atoms with van der Waals surface area (Å²) in [5.41, 5.74) is 5.59. The summed E-state index contributed by atoms with van der Waals surface area (Å²) in [6, 6.07) is 15.7. The van der Waals surface area contributed by atoms with Crippen molar-refractivity contribution in [3.63, 3.8) is 0 Å². The predicted octanol–water partition coefficient (Wildman–Crippen LogP) is 4.49. The molecule has 2 heterocycles. The normalized spacial score (nSPS) is 11.0. The van der Waals surface area contributed by atoms with Gasteiger partial charge in [0.25, 0.3) is 0 Å². The van der Waals surface area contributed by atoms with Crippen LogP contribution in [0.5, 0.6) is 0 Å². The topological polar surface area (TPSA) is 48.0 Å². The zero-order valence-electron chi connectivity index (χ0n) is 12.6. The molecule has 23 heavy (non-hydrogen) atoms. The molecule has 112 valence electrons. The van der Waals surface area contributed by atoms with Gasteiger partial charge in [-0.3, -0.25) is 9.36 Å². The lowest BCUT2D eigenvalue weighted by molar-refractivity contribution is 0.101. The highest BCUT2D eigenvalue weighted by atomic mass is 16.3. The van der Waals surface area contributed by atoms with Gasteiger partial charge in [0.1, 0.15) is 6.33 Å². The molecule has 0 fully saturated rings. The second-order valence-corrected chi connectivity index (χ2v) is 5.44. The van der Waals surface area contributed by atoms with E-state index in [1.54, 1.807) is 25.8 Å². The SMILES string of the molecule is CC(=O)c1ccc2c(c1)ncn2-c1cccc(-c2ccoc2)c1. The molecule has 0 radical (unpaired) electrons. The Morgan fingerprint density at radius 2 is 2.00 bits per heavy atom. The minimum Gasteiger partial charge on any atom is -0.472 e. The van der Waals surface area contributed by atoms with Crippen molar-refractivity contribution in [2.45, 2.75) is 6.92 Å². The molecule has 4 rings (SSSR count). The van der Waals surface area contributed by atoms with Gasteiger partial charge in [0, 0.05) is 16.8 Å². The Hall–Kier alpha value is -3.14. The first-order chi connectivity index (χ1) is 11.2. The van der Waals surface area contributed by atoms with Gasteiger partial charge in [-0.25, -0.2) is 4.98 Å². The molecule has 0 amide bonds. The Labute approximate surface area is 133 Å². The molecule has 0 saturated carbocycles. The largest absolute Gasteiger partial charge is 0.472 e. The Bertz CT molecular complexity index is 997. The molecule has 0 atom stereocenters. The van der Waals surface area contributed by atoms with Gasteiger partial charge in [0.05, 0.1) is 23.6 Å². The highest BCUT2D eigenvalue weighted by molar-refractivity contribution is 5.97. The summed E-state index contributed by atoms with van der Waals surface area (Å²) in [5, 5.41) is 0. The van der Waals surface area contributed by atoms with Crippen molar-refractivity contribution in [1.29, 1.82) is 0 Å². The summed E-state index contributed by atoms with van der Waals surface area (Å²) >= 11 is 0. The fourth-order valence-corrected chi connectivity index (χ4v) is 2.70. The number of fused-ring (bicyclic) bond motifs is 1. The van der Waals surface area contributed by atoms with E-state index >= 15 is 0 Å². The maximum Gasteiger partial charge on any atom is 0.159 e. The van der Waals surface area contributed by atoms with Crippen LogP contribution in [0.3, 0.4) is 0 Å². The number of hydrogen-bond acceptors (Lipinski definition) is 3. The van der Waals surface area contributed by atoms with Gasteiger partial charge in [-0.2, -0.15) is 0 Å². The molecule has 0 unspecified atom stereocenters. The summed E-state index contributed by atoms with van der Waals surface area (Å²) in [6.07, 6.45) is 5.17. The number of benzene rings is 2. The Kier molecular flexibility index (Phi) is 3.08. The summed E-state index contributed by atoms with van der Waals surface area (Å²) in [4.78, 5) is 15.9. The van der Waals surface area contributed by atoms with Crippen LogP contribution >= 0.6 is 0 Å². The maximum absolute atomic E-state index is 11.5. The lowest BCUT2D eigenvalue weighted by atomic mass is 10.1. The van der Waals surface area contributed by atoms with Gasteiger partial charge in [0.15, 0.2) is 5.78 Å². The number of Topliss-reactive ketones (excluding diaryl/α,β-unsaturated/α-hetero) is 1. The quantitative estimate of drug-likeness (QED) is 0.524. The highest BCUT2D eigenvalue weighted by Gasteiger charge is 2.08. The molecule has 2 aromatic heterocycles. The average molecular weight is 302 g/mol. The molecule has 0 aliphatic carbocycles. The van der Waals surface area contributed by atoms with Crippen molar-refractivity contribution in [2.24, 2.45) is 0 Å². The van der Waals surface area contributed by atoms with E-state index in [0.717, 1.165) is 27.8 Å².